The maximum Gasteiger partial charge on any atom is 0.155 e. The van der Waals surface area contributed by atoms with Gasteiger partial charge in [-0.1, -0.05) is 30.7 Å². The molecule has 16 heavy (non-hydrogen) atoms. The monoisotopic (exact) mass is 216 g/mol. The molecule has 0 unspecified atom stereocenters. The maximum atomic E-state index is 11.4. The van der Waals surface area contributed by atoms with Crippen LogP contribution in [0.15, 0.2) is 18.2 Å². The molecule has 0 saturated heterocycles. The number of hydrogen-bond donors (Lipinski definition) is 0. The molecule has 0 aliphatic carbocycles. The van der Waals surface area contributed by atoms with Gasteiger partial charge in [-0.05, 0) is 50.0 Å². The first kappa shape index (κ1) is 12.7. The van der Waals surface area contributed by atoms with E-state index in [2.05, 4.69) is 32.9 Å². The highest BCUT2D eigenvalue weighted by Gasteiger charge is 2.01. The molecule has 1 rings (SSSR count). The zero-order chi connectivity index (χ0) is 12.1. The van der Waals surface area contributed by atoms with Crippen molar-refractivity contribution in [2.75, 3.05) is 0 Å². The van der Waals surface area contributed by atoms with Crippen LogP contribution in [0.1, 0.15) is 42.0 Å². The van der Waals surface area contributed by atoms with Crippen molar-refractivity contribution in [1.29, 1.82) is 0 Å². The standard InChI is InChI=1S/C15H20O/c1-5-6-14(16)7-8-15-12(3)9-11(2)10-13(15)4/h7-10H,5-6H2,1-4H3/b8-7+. The Morgan fingerprint density at radius 2 is 1.75 bits per heavy atom. The van der Waals surface area contributed by atoms with Gasteiger partial charge in [0.15, 0.2) is 5.78 Å². The predicted octanol–water partition coefficient (Wildman–Crippen LogP) is 3.99. The molecule has 1 heteroatoms. The Balaban J connectivity index is 2.93. The minimum Gasteiger partial charge on any atom is -0.295 e. The minimum absolute atomic E-state index is 0.210. The lowest BCUT2D eigenvalue weighted by Crippen LogP contribution is -1.92. The normalized spacial score (nSPS) is 11.0. The van der Waals surface area contributed by atoms with Crippen LogP contribution in [0.3, 0.4) is 0 Å². The number of allylic oxidation sites excluding steroid dienone is 1. The third-order valence-electron chi connectivity index (χ3n) is 2.67. The maximum absolute atomic E-state index is 11.4. The van der Waals surface area contributed by atoms with Crippen molar-refractivity contribution in [3.05, 3.63) is 40.5 Å². The highest BCUT2D eigenvalue weighted by Crippen LogP contribution is 2.17. The average molecular weight is 216 g/mol. The van der Waals surface area contributed by atoms with Crippen molar-refractivity contribution in [2.45, 2.75) is 40.5 Å². The van der Waals surface area contributed by atoms with Crippen molar-refractivity contribution >= 4 is 11.9 Å². The van der Waals surface area contributed by atoms with E-state index in [1.165, 1.54) is 22.3 Å². The lowest BCUT2D eigenvalue weighted by molar-refractivity contribution is -0.114. The second-order valence-corrected chi connectivity index (χ2v) is 4.36. The van der Waals surface area contributed by atoms with E-state index in [0.29, 0.717) is 6.42 Å². The van der Waals surface area contributed by atoms with Gasteiger partial charge in [-0.3, -0.25) is 4.79 Å². The Bertz CT molecular complexity index is 390. The van der Waals surface area contributed by atoms with Crippen LogP contribution in [-0.4, -0.2) is 5.78 Å². The molecule has 0 aromatic heterocycles. The largest absolute Gasteiger partial charge is 0.295 e. The Morgan fingerprint density at radius 3 is 2.25 bits per heavy atom. The number of rotatable bonds is 4. The van der Waals surface area contributed by atoms with Crippen LogP contribution >= 0.6 is 0 Å². The van der Waals surface area contributed by atoms with Gasteiger partial charge in [0.1, 0.15) is 0 Å². The number of benzene rings is 1. The Labute approximate surface area is 98.2 Å². The van der Waals surface area contributed by atoms with Crippen LogP contribution < -0.4 is 0 Å². The first-order valence-corrected chi connectivity index (χ1v) is 5.83. The van der Waals surface area contributed by atoms with E-state index in [1.54, 1.807) is 6.08 Å². The molecule has 0 aliphatic heterocycles. The number of carbonyl (C=O) groups excluding carboxylic acids is 1. The molecule has 0 fully saturated rings. The van der Waals surface area contributed by atoms with Crippen LogP contribution in [0.2, 0.25) is 0 Å². The third kappa shape index (κ3) is 3.34. The third-order valence-corrected chi connectivity index (χ3v) is 2.67. The van der Waals surface area contributed by atoms with Gasteiger partial charge in [-0.25, -0.2) is 0 Å². The van der Waals surface area contributed by atoms with Gasteiger partial charge >= 0.3 is 0 Å². The molecule has 1 aromatic rings. The van der Waals surface area contributed by atoms with Gasteiger partial charge in [0.05, 0.1) is 0 Å². The molecule has 0 saturated carbocycles. The molecule has 0 amide bonds. The minimum atomic E-state index is 0.210. The van der Waals surface area contributed by atoms with Crippen molar-refractivity contribution < 1.29 is 4.79 Å². The number of carbonyl (C=O) groups is 1. The van der Waals surface area contributed by atoms with E-state index < -0.39 is 0 Å². The highest BCUT2D eigenvalue weighted by molar-refractivity contribution is 5.93. The topological polar surface area (TPSA) is 17.1 Å². The molecule has 0 N–H and O–H groups in total. The van der Waals surface area contributed by atoms with Gasteiger partial charge in [0.2, 0.25) is 0 Å². The molecule has 1 aromatic carbocycles. The van der Waals surface area contributed by atoms with Gasteiger partial charge in [-0.2, -0.15) is 0 Å². The van der Waals surface area contributed by atoms with Crippen molar-refractivity contribution in [2.24, 2.45) is 0 Å². The fourth-order valence-corrected chi connectivity index (χ4v) is 1.96. The Morgan fingerprint density at radius 1 is 1.19 bits per heavy atom. The van der Waals surface area contributed by atoms with Gasteiger partial charge in [0.25, 0.3) is 0 Å². The van der Waals surface area contributed by atoms with Crippen LogP contribution in [-0.2, 0) is 4.79 Å². The SMILES string of the molecule is CCCC(=O)/C=C/c1c(C)cc(C)cc1C. The quantitative estimate of drug-likeness (QED) is 0.695. The van der Waals surface area contributed by atoms with E-state index in [4.69, 9.17) is 0 Å². The zero-order valence-electron chi connectivity index (χ0n) is 10.6. The summed E-state index contributed by atoms with van der Waals surface area (Å²) >= 11 is 0. The van der Waals surface area contributed by atoms with E-state index in [1.807, 2.05) is 13.0 Å². The molecule has 0 spiro atoms. The summed E-state index contributed by atoms with van der Waals surface area (Å²) < 4.78 is 0. The number of hydrogen-bond acceptors (Lipinski definition) is 1. The van der Waals surface area contributed by atoms with Crippen molar-refractivity contribution in [3.63, 3.8) is 0 Å². The highest BCUT2D eigenvalue weighted by atomic mass is 16.1. The Hall–Kier alpha value is -1.37. The smallest absolute Gasteiger partial charge is 0.155 e. The molecule has 0 bridgehead atoms. The van der Waals surface area contributed by atoms with Gasteiger partial charge in [0, 0.05) is 6.42 Å². The van der Waals surface area contributed by atoms with Crippen LogP contribution in [0.4, 0.5) is 0 Å². The van der Waals surface area contributed by atoms with Gasteiger partial charge < -0.3 is 0 Å². The summed E-state index contributed by atoms with van der Waals surface area (Å²) in [4.78, 5) is 11.4. The lowest BCUT2D eigenvalue weighted by atomic mass is 9.99. The van der Waals surface area contributed by atoms with E-state index in [-0.39, 0.29) is 5.78 Å². The molecule has 0 heterocycles. The first-order chi connectivity index (χ1) is 7.54. The molecule has 0 aliphatic rings. The summed E-state index contributed by atoms with van der Waals surface area (Å²) in [6, 6.07) is 4.30. The predicted molar refractivity (Wildman–Crippen MR) is 69.6 cm³/mol. The summed E-state index contributed by atoms with van der Waals surface area (Å²) in [5.74, 6) is 0.210. The first-order valence-electron chi connectivity index (χ1n) is 5.83. The zero-order valence-corrected chi connectivity index (χ0v) is 10.6. The fraction of sp³-hybridized carbons (Fsp3) is 0.400. The van der Waals surface area contributed by atoms with Crippen molar-refractivity contribution in [1.82, 2.24) is 0 Å². The lowest BCUT2D eigenvalue weighted by Gasteiger charge is -2.06. The van der Waals surface area contributed by atoms with E-state index in [9.17, 15) is 4.79 Å². The molecule has 0 atom stereocenters. The van der Waals surface area contributed by atoms with Gasteiger partial charge in [-0.15, -0.1) is 0 Å². The Kier molecular flexibility index (Phi) is 4.48. The van der Waals surface area contributed by atoms with Crippen molar-refractivity contribution in [3.8, 4) is 0 Å². The van der Waals surface area contributed by atoms with Crippen LogP contribution in [0, 0.1) is 20.8 Å². The van der Waals surface area contributed by atoms with E-state index >= 15 is 0 Å². The van der Waals surface area contributed by atoms with Crippen LogP contribution in [0.25, 0.3) is 6.08 Å². The van der Waals surface area contributed by atoms with E-state index in [0.717, 1.165) is 6.42 Å². The second kappa shape index (κ2) is 5.64. The van der Waals surface area contributed by atoms with Crippen LogP contribution in [0.5, 0.6) is 0 Å². The summed E-state index contributed by atoms with van der Waals surface area (Å²) in [6.45, 7) is 8.29. The fourth-order valence-electron chi connectivity index (χ4n) is 1.96. The number of aryl methyl sites for hydroxylation is 3. The summed E-state index contributed by atoms with van der Waals surface area (Å²) in [5.41, 5.74) is 4.91. The summed E-state index contributed by atoms with van der Waals surface area (Å²) in [7, 11) is 0. The average Bonchev–Trinajstić information content (AvgIpc) is 2.16. The molecule has 0 radical (unpaired) electrons. The molecule has 1 nitrogen and oxygen atoms in total. The second-order valence-electron chi connectivity index (χ2n) is 4.36. The summed E-state index contributed by atoms with van der Waals surface area (Å²) in [5, 5.41) is 0. The molecular weight excluding hydrogens is 196 g/mol. The molecule has 86 valence electrons. The summed E-state index contributed by atoms with van der Waals surface area (Å²) in [6.07, 6.45) is 5.20. The molecular formula is C15H20O. The number of ketones is 1.